The molecule has 0 saturated carbocycles. The minimum atomic E-state index is 0.440. The second-order valence-electron chi connectivity index (χ2n) is 6.16. The molecule has 0 aromatic carbocycles. The zero-order valence-electron chi connectivity index (χ0n) is 11.5. The van der Waals surface area contributed by atoms with Crippen LogP contribution in [-0.4, -0.2) is 13.1 Å². The third kappa shape index (κ3) is 3.22. The lowest BCUT2D eigenvalue weighted by Crippen LogP contribution is -2.36. The molecular weight excluding hydrogens is 206 g/mol. The van der Waals surface area contributed by atoms with Crippen LogP contribution in [0.5, 0.6) is 0 Å². The topological polar surface area (TPSA) is 12.0 Å². The molecule has 0 aliphatic heterocycles. The molecule has 17 heavy (non-hydrogen) atoms. The fraction of sp³-hybridized carbons (Fsp3) is 0.750. The Kier molecular flexibility index (Phi) is 4.44. The SMILES string of the molecule is CC(C)CNCC1(C2=CCCCC2)CC=CC1. The number of rotatable bonds is 5. The van der Waals surface area contributed by atoms with E-state index in [-0.39, 0.29) is 0 Å². The molecule has 0 atom stereocenters. The minimum Gasteiger partial charge on any atom is -0.316 e. The second-order valence-corrected chi connectivity index (χ2v) is 6.16. The molecule has 0 heterocycles. The summed E-state index contributed by atoms with van der Waals surface area (Å²) in [5.41, 5.74) is 2.18. The highest BCUT2D eigenvalue weighted by molar-refractivity contribution is 5.24. The monoisotopic (exact) mass is 233 g/mol. The molecule has 0 aromatic heterocycles. The zero-order chi connectivity index (χ0) is 12.1. The molecule has 2 aliphatic carbocycles. The molecule has 1 N–H and O–H groups in total. The van der Waals surface area contributed by atoms with Gasteiger partial charge in [-0.15, -0.1) is 0 Å². The largest absolute Gasteiger partial charge is 0.316 e. The third-order valence-corrected chi connectivity index (χ3v) is 4.17. The zero-order valence-corrected chi connectivity index (χ0v) is 11.5. The quantitative estimate of drug-likeness (QED) is 0.706. The number of nitrogens with one attached hydrogen (secondary N) is 1. The molecule has 2 rings (SSSR count). The van der Waals surface area contributed by atoms with Crippen LogP contribution in [0.25, 0.3) is 0 Å². The Balaban J connectivity index is 1.97. The lowest BCUT2D eigenvalue weighted by atomic mass is 9.73. The Labute approximate surface area is 106 Å². The number of allylic oxidation sites excluding steroid dienone is 3. The molecule has 1 nitrogen and oxygen atoms in total. The van der Waals surface area contributed by atoms with Crippen LogP contribution in [0.2, 0.25) is 0 Å². The van der Waals surface area contributed by atoms with Gasteiger partial charge in [-0.05, 0) is 51.0 Å². The van der Waals surface area contributed by atoms with Crippen molar-refractivity contribution in [3.05, 3.63) is 23.8 Å². The lowest BCUT2D eigenvalue weighted by molar-refractivity contribution is 0.329. The van der Waals surface area contributed by atoms with Crippen LogP contribution >= 0.6 is 0 Å². The standard InChI is InChI=1S/C16H27N/c1-14(2)12-17-13-16(10-6-7-11-16)15-8-4-3-5-9-15/h6-8,14,17H,3-5,9-13H2,1-2H3. The highest BCUT2D eigenvalue weighted by Crippen LogP contribution is 2.43. The molecule has 96 valence electrons. The maximum absolute atomic E-state index is 3.68. The van der Waals surface area contributed by atoms with E-state index in [0.29, 0.717) is 5.41 Å². The first kappa shape index (κ1) is 12.9. The van der Waals surface area contributed by atoms with Gasteiger partial charge in [-0.2, -0.15) is 0 Å². The molecule has 0 aromatic rings. The summed E-state index contributed by atoms with van der Waals surface area (Å²) in [5.74, 6) is 0.752. The molecule has 2 aliphatic rings. The second kappa shape index (κ2) is 5.86. The van der Waals surface area contributed by atoms with E-state index in [1.807, 2.05) is 0 Å². The first-order valence-corrected chi connectivity index (χ1v) is 7.28. The average Bonchev–Trinajstić information content (AvgIpc) is 2.80. The molecule has 1 heteroatoms. The van der Waals surface area contributed by atoms with Gasteiger partial charge in [0, 0.05) is 12.0 Å². The van der Waals surface area contributed by atoms with E-state index in [1.54, 1.807) is 5.57 Å². The minimum absolute atomic E-state index is 0.440. The summed E-state index contributed by atoms with van der Waals surface area (Å²) in [6.45, 7) is 6.89. The van der Waals surface area contributed by atoms with Crippen molar-refractivity contribution in [1.82, 2.24) is 5.32 Å². The molecule has 0 spiro atoms. The fourth-order valence-electron chi connectivity index (χ4n) is 3.14. The van der Waals surface area contributed by atoms with Crippen LogP contribution in [0.3, 0.4) is 0 Å². The van der Waals surface area contributed by atoms with Crippen molar-refractivity contribution in [3.8, 4) is 0 Å². The average molecular weight is 233 g/mol. The van der Waals surface area contributed by atoms with Crippen LogP contribution < -0.4 is 5.32 Å². The smallest absolute Gasteiger partial charge is 0.0105 e. The Hall–Kier alpha value is -0.560. The van der Waals surface area contributed by atoms with Gasteiger partial charge in [0.05, 0.1) is 0 Å². The highest BCUT2D eigenvalue weighted by atomic mass is 14.9. The van der Waals surface area contributed by atoms with Gasteiger partial charge in [0.25, 0.3) is 0 Å². The van der Waals surface area contributed by atoms with Gasteiger partial charge in [-0.3, -0.25) is 0 Å². The van der Waals surface area contributed by atoms with E-state index in [1.165, 1.54) is 45.1 Å². The van der Waals surface area contributed by atoms with E-state index in [4.69, 9.17) is 0 Å². The first-order chi connectivity index (χ1) is 8.23. The van der Waals surface area contributed by atoms with Crippen LogP contribution in [-0.2, 0) is 0 Å². The first-order valence-electron chi connectivity index (χ1n) is 7.28. The van der Waals surface area contributed by atoms with Gasteiger partial charge < -0.3 is 5.32 Å². The van der Waals surface area contributed by atoms with E-state index in [0.717, 1.165) is 12.5 Å². The predicted octanol–water partition coefficient (Wildman–Crippen LogP) is 4.07. The van der Waals surface area contributed by atoms with E-state index in [9.17, 15) is 0 Å². The molecule has 0 radical (unpaired) electrons. The summed E-state index contributed by atoms with van der Waals surface area (Å²) >= 11 is 0. The summed E-state index contributed by atoms with van der Waals surface area (Å²) in [5, 5.41) is 3.68. The van der Waals surface area contributed by atoms with Crippen molar-refractivity contribution in [2.24, 2.45) is 11.3 Å². The Morgan fingerprint density at radius 2 is 2.00 bits per heavy atom. The van der Waals surface area contributed by atoms with Crippen LogP contribution in [0.15, 0.2) is 23.8 Å². The maximum atomic E-state index is 3.68. The molecule has 0 fully saturated rings. The van der Waals surface area contributed by atoms with Gasteiger partial charge in [-0.25, -0.2) is 0 Å². The summed E-state index contributed by atoms with van der Waals surface area (Å²) in [6.07, 6.45) is 15.2. The van der Waals surface area contributed by atoms with Crippen LogP contribution in [0.4, 0.5) is 0 Å². The van der Waals surface area contributed by atoms with Gasteiger partial charge in [-0.1, -0.05) is 37.6 Å². The van der Waals surface area contributed by atoms with Crippen molar-refractivity contribution < 1.29 is 0 Å². The fourth-order valence-corrected chi connectivity index (χ4v) is 3.14. The Morgan fingerprint density at radius 3 is 2.59 bits per heavy atom. The van der Waals surface area contributed by atoms with Crippen LogP contribution in [0, 0.1) is 11.3 Å². The van der Waals surface area contributed by atoms with E-state index >= 15 is 0 Å². The Bertz CT molecular complexity index is 291. The van der Waals surface area contributed by atoms with Crippen molar-refractivity contribution in [1.29, 1.82) is 0 Å². The van der Waals surface area contributed by atoms with Gasteiger partial charge in [0.1, 0.15) is 0 Å². The number of hydrogen-bond donors (Lipinski definition) is 1. The molecule has 0 saturated heterocycles. The van der Waals surface area contributed by atoms with Crippen molar-refractivity contribution in [3.63, 3.8) is 0 Å². The summed E-state index contributed by atoms with van der Waals surface area (Å²) in [6, 6.07) is 0. The highest BCUT2D eigenvalue weighted by Gasteiger charge is 2.34. The summed E-state index contributed by atoms with van der Waals surface area (Å²) in [4.78, 5) is 0. The molecular formula is C16H27N. The molecule has 0 unspecified atom stereocenters. The van der Waals surface area contributed by atoms with Gasteiger partial charge in [0.15, 0.2) is 0 Å². The van der Waals surface area contributed by atoms with Gasteiger partial charge >= 0.3 is 0 Å². The van der Waals surface area contributed by atoms with E-state index in [2.05, 4.69) is 37.4 Å². The van der Waals surface area contributed by atoms with Crippen molar-refractivity contribution in [2.75, 3.05) is 13.1 Å². The summed E-state index contributed by atoms with van der Waals surface area (Å²) in [7, 11) is 0. The molecule has 0 bridgehead atoms. The molecule has 0 amide bonds. The Morgan fingerprint density at radius 1 is 1.24 bits per heavy atom. The maximum Gasteiger partial charge on any atom is 0.0105 e. The third-order valence-electron chi connectivity index (χ3n) is 4.17. The lowest BCUT2D eigenvalue weighted by Gasteiger charge is -2.35. The van der Waals surface area contributed by atoms with E-state index < -0.39 is 0 Å². The number of hydrogen-bond acceptors (Lipinski definition) is 1. The normalized spacial score (nSPS) is 23.1. The van der Waals surface area contributed by atoms with Gasteiger partial charge in [0.2, 0.25) is 0 Å². The van der Waals surface area contributed by atoms with Crippen LogP contribution in [0.1, 0.15) is 52.4 Å². The predicted molar refractivity (Wildman–Crippen MR) is 75.1 cm³/mol. The van der Waals surface area contributed by atoms with Crippen molar-refractivity contribution >= 4 is 0 Å². The van der Waals surface area contributed by atoms with Crippen molar-refractivity contribution in [2.45, 2.75) is 52.4 Å². The summed E-state index contributed by atoms with van der Waals surface area (Å²) < 4.78 is 0.